The van der Waals surface area contributed by atoms with E-state index >= 15 is 0 Å². The summed E-state index contributed by atoms with van der Waals surface area (Å²) in [7, 11) is 0. The van der Waals surface area contributed by atoms with Crippen molar-refractivity contribution in [2.45, 2.75) is 46.0 Å². The van der Waals surface area contributed by atoms with Gasteiger partial charge in [0.05, 0.1) is 0 Å². The van der Waals surface area contributed by atoms with E-state index in [0.29, 0.717) is 5.92 Å². The average molecular weight is 219 g/mol. The highest BCUT2D eigenvalue weighted by atomic mass is 14.5. The van der Waals surface area contributed by atoms with Crippen LogP contribution in [0, 0.1) is 12.8 Å². The van der Waals surface area contributed by atoms with Crippen LogP contribution in [0.25, 0.3) is 0 Å². The highest BCUT2D eigenvalue weighted by molar-refractivity contribution is 5.29. The number of aryl methyl sites for hydroxylation is 1. The zero-order chi connectivity index (χ0) is 12.0. The fraction of sp³-hybridized carbons (Fsp3) is 0.600. The quantitative estimate of drug-likeness (QED) is 0.772. The normalized spacial score (nSPS) is 13.1. The zero-order valence-corrected chi connectivity index (χ0v) is 10.9. The summed E-state index contributed by atoms with van der Waals surface area (Å²) in [5.41, 5.74) is 8.75. The van der Waals surface area contributed by atoms with Gasteiger partial charge >= 0.3 is 0 Å². The molecule has 16 heavy (non-hydrogen) atoms. The molecule has 1 aromatic rings. The molecule has 0 amide bonds. The molecule has 0 radical (unpaired) electrons. The molecule has 1 heteroatoms. The lowest BCUT2D eigenvalue weighted by atomic mass is 9.84. The molecule has 0 heterocycles. The van der Waals surface area contributed by atoms with Crippen molar-refractivity contribution in [2.75, 3.05) is 6.54 Å². The van der Waals surface area contributed by atoms with Crippen LogP contribution in [-0.4, -0.2) is 6.54 Å². The maximum atomic E-state index is 5.93. The van der Waals surface area contributed by atoms with Gasteiger partial charge in [-0.3, -0.25) is 0 Å². The predicted molar refractivity (Wildman–Crippen MR) is 71.7 cm³/mol. The molecule has 0 saturated heterocycles. The second-order valence-corrected chi connectivity index (χ2v) is 4.71. The number of hydrogen-bond donors (Lipinski definition) is 1. The van der Waals surface area contributed by atoms with Crippen LogP contribution in [0.2, 0.25) is 0 Å². The fourth-order valence-corrected chi connectivity index (χ4v) is 2.42. The number of rotatable bonds is 6. The van der Waals surface area contributed by atoms with E-state index in [4.69, 9.17) is 5.73 Å². The Labute approximate surface area is 100 Å². The third-order valence-corrected chi connectivity index (χ3v) is 3.69. The second kappa shape index (κ2) is 6.70. The molecule has 0 aliphatic rings. The molecule has 1 aromatic carbocycles. The van der Waals surface area contributed by atoms with Crippen molar-refractivity contribution in [1.82, 2.24) is 0 Å². The van der Waals surface area contributed by atoms with E-state index in [1.165, 1.54) is 30.4 Å². The van der Waals surface area contributed by atoms with E-state index in [1.807, 2.05) is 0 Å². The van der Waals surface area contributed by atoms with E-state index in [2.05, 4.69) is 45.0 Å². The summed E-state index contributed by atoms with van der Waals surface area (Å²) < 4.78 is 0. The van der Waals surface area contributed by atoms with Crippen LogP contribution in [-0.2, 0) is 0 Å². The molecule has 2 N–H and O–H groups in total. The van der Waals surface area contributed by atoms with Gasteiger partial charge in [0.15, 0.2) is 0 Å². The molecule has 0 aliphatic carbocycles. The van der Waals surface area contributed by atoms with Crippen LogP contribution in [0.1, 0.15) is 50.2 Å². The fourth-order valence-electron chi connectivity index (χ4n) is 2.42. The molecule has 0 bridgehead atoms. The first kappa shape index (κ1) is 13.2. The molecule has 1 rings (SSSR count). The zero-order valence-electron chi connectivity index (χ0n) is 10.9. The van der Waals surface area contributed by atoms with E-state index < -0.39 is 0 Å². The molecule has 0 spiro atoms. The Hall–Kier alpha value is -0.820. The SMILES string of the molecule is CCC(CC)CC(CN)c1ccccc1C. The Balaban J connectivity index is 2.78. The maximum Gasteiger partial charge on any atom is -0.000803 e. The van der Waals surface area contributed by atoms with Gasteiger partial charge in [0.25, 0.3) is 0 Å². The van der Waals surface area contributed by atoms with Crippen molar-refractivity contribution in [1.29, 1.82) is 0 Å². The summed E-state index contributed by atoms with van der Waals surface area (Å²) in [6.45, 7) is 7.51. The summed E-state index contributed by atoms with van der Waals surface area (Å²) in [6.07, 6.45) is 3.76. The predicted octanol–water partition coefficient (Wildman–Crippen LogP) is 3.86. The van der Waals surface area contributed by atoms with E-state index in [9.17, 15) is 0 Å². The summed E-state index contributed by atoms with van der Waals surface area (Å²) >= 11 is 0. The summed E-state index contributed by atoms with van der Waals surface area (Å²) in [6, 6.07) is 8.64. The highest BCUT2D eigenvalue weighted by Gasteiger charge is 2.15. The van der Waals surface area contributed by atoms with Crippen LogP contribution in [0.3, 0.4) is 0 Å². The van der Waals surface area contributed by atoms with Gasteiger partial charge in [-0.2, -0.15) is 0 Å². The van der Waals surface area contributed by atoms with Crippen molar-refractivity contribution in [3.05, 3.63) is 35.4 Å². The van der Waals surface area contributed by atoms with Crippen molar-refractivity contribution in [2.24, 2.45) is 11.7 Å². The van der Waals surface area contributed by atoms with Crippen LogP contribution in [0.5, 0.6) is 0 Å². The van der Waals surface area contributed by atoms with Crippen molar-refractivity contribution in [3.8, 4) is 0 Å². The molecular weight excluding hydrogens is 194 g/mol. The first-order chi connectivity index (χ1) is 7.72. The summed E-state index contributed by atoms with van der Waals surface area (Å²) in [5, 5.41) is 0. The van der Waals surface area contributed by atoms with Gasteiger partial charge in [-0.05, 0) is 42.9 Å². The van der Waals surface area contributed by atoms with Crippen molar-refractivity contribution in [3.63, 3.8) is 0 Å². The summed E-state index contributed by atoms with van der Waals surface area (Å²) in [5.74, 6) is 1.35. The van der Waals surface area contributed by atoms with Gasteiger partial charge in [0.2, 0.25) is 0 Å². The maximum absolute atomic E-state index is 5.93. The Morgan fingerprint density at radius 1 is 1.12 bits per heavy atom. The lowest BCUT2D eigenvalue weighted by Gasteiger charge is -2.22. The molecule has 90 valence electrons. The van der Waals surface area contributed by atoms with Gasteiger partial charge in [0.1, 0.15) is 0 Å². The minimum Gasteiger partial charge on any atom is -0.330 e. The van der Waals surface area contributed by atoms with Crippen LogP contribution >= 0.6 is 0 Å². The number of nitrogens with two attached hydrogens (primary N) is 1. The van der Waals surface area contributed by atoms with Crippen molar-refractivity contribution >= 4 is 0 Å². The molecule has 1 unspecified atom stereocenters. The topological polar surface area (TPSA) is 26.0 Å². The van der Waals surface area contributed by atoms with Crippen LogP contribution < -0.4 is 5.73 Å². The Kier molecular flexibility index (Phi) is 5.54. The van der Waals surface area contributed by atoms with Gasteiger partial charge in [-0.25, -0.2) is 0 Å². The smallest absolute Gasteiger partial charge is 0.000803 e. The molecular formula is C15H25N. The highest BCUT2D eigenvalue weighted by Crippen LogP contribution is 2.28. The van der Waals surface area contributed by atoms with Gasteiger partial charge < -0.3 is 5.73 Å². The monoisotopic (exact) mass is 219 g/mol. The first-order valence-corrected chi connectivity index (χ1v) is 6.48. The minimum absolute atomic E-state index is 0.533. The Morgan fingerprint density at radius 3 is 2.25 bits per heavy atom. The van der Waals surface area contributed by atoms with Crippen molar-refractivity contribution < 1.29 is 0 Å². The first-order valence-electron chi connectivity index (χ1n) is 6.48. The second-order valence-electron chi connectivity index (χ2n) is 4.71. The van der Waals surface area contributed by atoms with E-state index in [0.717, 1.165) is 12.5 Å². The third-order valence-electron chi connectivity index (χ3n) is 3.69. The van der Waals surface area contributed by atoms with Gasteiger partial charge in [-0.1, -0.05) is 51.0 Å². The standard InChI is InChI=1S/C15H25N/c1-4-13(5-2)10-14(11-16)15-9-7-6-8-12(15)3/h6-9,13-14H,4-5,10-11,16H2,1-3H3. The molecule has 0 saturated carbocycles. The number of benzene rings is 1. The Bertz CT molecular complexity index is 302. The van der Waals surface area contributed by atoms with Crippen LogP contribution in [0.15, 0.2) is 24.3 Å². The Morgan fingerprint density at radius 2 is 1.75 bits per heavy atom. The molecule has 1 nitrogen and oxygen atoms in total. The lowest BCUT2D eigenvalue weighted by Crippen LogP contribution is -2.17. The largest absolute Gasteiger partial charge is 0.330 e. The summed E-state index contributed by atoms with van der Waals surface area (Å²) in [4.78, 5) is 0. The van der Waals surface area contributed by atoms with Crippen LogP contribution in [0.4, 0.5) is 0 Å². The average Bonchev–Trinajstić information content (AvgIpc) is 2.32. The molecule has 0 fully saturated rings. The molecule has 1 atom stereocenters. The molecule has 0 aromatic heterocycles. The minimum atomic E-state index is 0.533. The molecule has 0 aliphatic heterocycles. The van der Waals surface area contributed by atoms with E-state index in [-0.39, 0.29) is 0 Å². The number of hydrogen-bond acceptors (Lipinski definition) is 1. The lowest BCUT2D eigenvalue weighted by molar-refractivity contribution is 0.412. The third kappa shape index (κ3) is 3.34. The van der Waals surface area contributed by atoms with Gasteiger partial charge in [-0.15, -0.1) is 0 Å². The van der Waals surface area contributed by atoms with E-state index in [1.54, 1.807) is 0 Å². The van der Waals surface area contributed by atoms with Gasteiger partial charge in [0, 0.05) is 0 Å².